The Balaban J connectivity index is 1.88. The summed E-state index contributed by atoms with van der Waals surface area (Å²) in [6.07, 6.45) is 3.07. The number of nitro groups is 1. The van der Waals surface area contributed by atoms with Crippen molar-refractivity contribution >= 4 is 23.1 Å². The largest absolute Gasteiger partial charge is 0.493 e. The minimum absolute atomic E-state index is 0.0203. The Morgan fingerprint density at radius 2 is 2.26 bits per heavy atom. The van der Waals surface area contributed by atoms with Gasteiger partial charge in [-0.05, 0) is 38.0 Å². The summed E-state index contributed by atoms with van der Waals surface area (Å²) >= 11 is 6.03. The SMILES string of the molecule is Cc1cc(NC2CCCOc3cc(Cl)ccc32)ncc1[N+](=O)[O-]. The highest BCUT2D eigenvalue weighted by atomic mass is 35.5. The van der Waals surface area contributed by atoms with E-state index in [0.29, 0.717) is 23.0 Å². The normalized spacial score (nSPS) is 16.9. The fourth-order valence-corrected chi connectivity index (χ4v) is 2.86. The van der Waals surface area contributed by atoms with Gasteiger partial charge in [-0.2, -0.15) is 0 Å². The highest BCUT2D eigenvalue weighted by molar-refractivity contribution is 6.30. The van der Waals surface area contributed by atoms with E-state index in [0.717, 1.165) is 24.2 Å². The molecule has 1 unspecified atom stereocenters. The molecule has 1 aromatic heterocycles. The summed E-state index contributed by atoms with van der Waals surface area (Å²) in [4.78, 5) is 14.6. The first-order valence-electron chi connectivity index (χ1n) is 7.34. The molecule has 1 aliphatic heterocycles. The number of anilines is 1. The minimum atomic E-state index is -0.428. The number of nitrogens with zero attached hydrogens (tertiary/aromatic N) is 2. The van der Waals surface area contributed by atoms with Crippen molar-refractivity contribution < 1.29 is 9.66 Å². The van der Waals surface area contributed by atoms with E-state index in [9.17, 15) is 10.1 Å². The van der Waals surface area contributed by atoms with Gasteiger partial charge in [-0.3, -0.25) is 10.1 Å². The Kier molecular flexibility index (Phi) is 4.34. The lowest BCUT2D eigenvalue weighted by atomic mass is 10.0. The number of nitrogens with one attached hydrogen (secondary N) is 1. The van der Waals surface area contributed by atoms with Gasteiger partial charge in [0, 0.05) is 16.1 Å². The van der Waals surface area contributed by atoms with Crippen LogP contribution in [0.1, 0.15) is 30.0 Å². The molecule has 2 heterocycles. The van der Waals surface area contributed by atoms with Crippen molar-refractivity contribution in [3.8, 4) is 5.75 Å². The van der Waals surface area contributed by atoms with E-state index in [1.165, 1.54) is 6.20 Å². The highest BCUT2D eigenvalue weighted by Crippen LogP contribution is 2.35. The third kappa shape index (κ3) is 3.37. The zero-order valence-corrected chi connectivity index (χ0v) is 13.3. The molecule has 0 bridgehead atoms. The first-order valence-corrected chi connectivity index (χ1v) is 7.72. The molecule has 0 radical (unpaired) electrons. The van der Waals surface area contributed by atoms with Crippen LogP contribution < -0.4 is 10.1 Å². The van der Waals surface area contributed by atoms with Gasteiger partial charge in [0.25, 0.3) is 5.69 Å². The van der Waals surface area contributed by atoms with Gasteiger partial charge in [0.05, 0.1) is 17.6 Å². The molecule has 0 spiro atoms. The van der Waals surface area contributed by atoms with Crippen LogP contribution in [0.3, 0.4) is 0 Å². The summed E-state index contributed by atoms with van der Waals surface area (Å²) in [7, 11) is 0. The van der Waals surface area contributed by atoms with Crippen LogP contribution in [0, 0.1) is 17.0 Å². The molecule has 3 rings (SSSR count). The summed E-state index contributed by atoms with van der Waals surface area (Å²) in [6.45, 7) is 2.34. The average Bonchev–Trinajstić information content (AvgIpc) is 2.69. The third-order valence-corrected chi connectivity index (χ3v) is 4.08. The number of halogens is 1. The van der Waals surface area contributed by atoms with Crippen molar-refractivity contribution in [2.75, 3.05) is 11.9 Å². The Labute approximate surface area is 138 Å². The van der Waals surface area contributed by atoms with E-state index in [1.807, 2.05) is 18.2 Å². The van der Waals surface area contributed by atoms with Crippen LogP contribution in [0.2, 0.25) is 5.02 Å². The highest BCUT2D eigenvalue weighted by Gasteiger charge is 2.21. The number of aryl methyl sites for hydroxylation is 1. The summed E-state index contributed by atoms with van der Waals surface area (Å²) in [5.74, 6) is 1.38. The molecule has 120 valence electrons. The Hall–Kier alpha value is -2.34. The molecule has 1 N–H and O–H groups in total. The predicted octanol–water partition coefficient (Wildman–Crippen LogP) is 4.28. The average molecular weight is 334 g/mol. The zero-order chi connectivity index (χ0) is 16.4. The number of ether oxygens (including phenoxy) is 1. The third-order valence-electron chi connectivity index (χ3n) is 3.85. The van der Waals surface area contributed by atoms with E-state index in [4.69, 9.17) is 16.3 Å². The monoisotopic (exact) mass is 333 g/mol. The fourth-order valence-electron chi connectivity index (χ4n) is 2.69. The van der Waals surface area contributed by atoms with Gasteiger partial charge in [0.15, 0.2) is 0 Å². The van der Waals surface area contributed by atoms with E-state index >= 15 is 0 Å². The molecule has 2 aromatic rings. The van der Waals surface area contributed by atoms with Crippen molar-refractivity contribution in [2.24, 2.45) is 0 Å². The van der Waals surface area contributed by atoms with Crippen LogP contribution in [0.5, 0.6) is 5.75 Å². The zero-order valence-electron chi connectivity index (χ0n) is 12.6. The van der Waals surface area contributed by atoms with Gasteiger partial charge >= 0.3 is 0 Å². The van der Waals surface area contributed by atoms with Gasteiger partial charge in [0.2, 0.25) is 0 Å². The molecule has 0 aliphatic carbocycles. The molecule has 1 atom stereocenters. The molecular formula is C16H16ClN3O3. The van der Waals surface area contributed by atoms with Gasteiger partial charge in [-0.25, -0.2) is 4.98 Å². The number of rotatable bonds is 3. The van der Waals surface area contributed by atoms with E-state index in [1.54, 1.807) is 13.0 Å². The van der Waals surface area contributed by atoms with Crippen LogP contribution in [0.4, 0.5) is 11.5 Å². The van der Waals surface area contributed by atoms with E-state index < -0.39 is 4.92 Å². The second-order valence-corrected chi connectivity index (χ2v) is 5.92. The standard InChI is InChI=1S/C16H16ClN3O3/c1-10-7-16(18-9-14(10)20(21)22)19-13-3-2-6-23-15-8-11(17)4-5-12(13)15/h4-5,7-9,13H,2-3,6H2,1H3,(H,18,19). The Morgan fingerprint density at radius 1 is 1.43 bits per heavy atom. The number of aromatic nitrogens is 1. The molecule has 23 heavy (non-hydrogen) atoms. The fraction of sp³-hybridized carbons (Fsp3) is 0.312. The Bertz CT molecular complexity index is 751. The van der Waals surface area contributed by atoms with Gasteiger partial charge in [-0.1, -0.05) is 17.7 Å². The van der Waals surface area contributed by atoms with Crippen LogP contribution in [-0.2, 0) is 0 Å². The molecule has 1 aliphatic rings. The number of hydrogen-bond donors (Lipinski definition) is 1. The summed E-state index contributed by atoms with van der Waals surface area (Å²) in [5, 5.41) is 14.9. The number of fused-ring (bicyclic) bond motifs is 1. The topological polar surface area (TPSA) is 77.3 Å². The van der Waals surface area contributed by atoms with Gasteiger partial charge < -0.3 is 10.1 Å². The van der Waals surface area contributed by atoms with Crippen molar-refractivity contribution in [1.29, 1.82) is 0 Å². The van der Waals surface area contributed by atoms with E-state index in [2.05, 4.69) is 10.3 Å². The molecule has 1 aromatic carbocycles. The number of hydrogen-bond acceptors (Lipinski definition) is 5. The maximum absolute atomic E-state index is 10.9. The summed E-state index contributed by atoms with van der Waals surface area (Å²) in [6, 6.07) is 7.31. The molecule has 0 fully saturated rings. The quantitative estimate of drug-likeness (QED) is 0.670. The first-order chi connectivity index (χ1) is 11.0. The van der Waals surface area contributed by atoms with Crippen molar-refractivity contribution in [3.05, 3.63) is 56.7 Å². The van der Waals surface area contributed by atoms with Crippen molar-refractivity contribution in [2.45, 2.75) is 25.8 Å². The van der Waals surface area contributed by atoms with E-state index in [-0.39, 0.29) is 11.7 Å². The lowest BCUT2D eigenvalue weighted by Gasteiger charge is -2.19. The predicted molar refractivity (Wildman–Crippen MR) is 88.2 cm³/mol. The molecule has 6 nitrogen and oxygen atoms in total. The van der Waals surface area contributed by atoms with Gasteiger partial charge in [0.1, 0.15) is 17.8 Å². The lowest BCUT2D eigenvalue weighted by molar-refractivity contribution is -0.385. The molecule has 0 saturated heterocycles. The van der Waals surface area contributed by atoms with Crippen LogP contribution in [0.25, 0.3) is 0 Å². The second-order valence-electron chi connectivity index (χ2n) is 5.48. The molecule has 0 saturated carbocycles. The maximum atomic E-state index is 10.9. The van der Waals surface area contributed by atoms with Crippen LogP contribution >= 0.6 is 11.6 Å². The van der Waals surface area contributed by atoms with Crippen LogP contribution in [0.15, 0.2) is 30.5 Å². The van der Waals surface area contributed by atoms with Crippen molar-refractivity contribution in [1.82, 2.24) is 4.98 Å². The molecule has 7 heteroatoms. The maximum Gasteiger partial charge on any atom is 0.290 e. The molecule has 0 amide bonds. The smallest absolute Gasteiger partial charge is 0.290 e. The summed E-state index contributed by atoms with van der Waals surface area (Å²) < 4.78 is 5.74. The number of pyridine rings is 1. The van der Waals surface area contributed by atoms with Gasteiger partial charge in [-0.15, -0.1) is 0 Å². The lowest BCUT2D eigenvalue weighted by Crippen LogP contribution is -2.11. The summed E-state index contributed by atoms with van der Waals surface area (Å²) in [5.41, 5.74) is 1.62. The second kappa shape index (κ2) is 6.42. The number of benzene rings is 1. The van der Waals surface area contributed by atoms with Crippen LogP contribution in [-0.4, -0.2) is 16.5 Å². The van der Waals surface area contributed by atoms with Crippen molar-refractivity contribution in [3.63, 3.8) is 0 Å². The first kappa shape index (κ1) is 15.6. The minimum Gasteiger partial charge on any atom is -0.493 e. The molecular weight excluding hydrogens is 318 g/mol. The Morgan fingerprint density at radius 3 is 3.00 bits per heavy atom.